The molecule has 8 heteroatoms. The molecule has 29 heavy (non-hydrogen) atoms. The predicted octanol–water partition coefficient (Wildman–Crippen LogP) is 4.47. The lowest BCUT2D eigenvalue weighted by atomic mass is 10.1. The van der Waals surface area contributed by atoms with Crippen molar-refractivity contribution in [2.45, 2.75) is 17.9 Å². The Kier molecular flexibility index (Phi) is 5.69. The lowest BCUT2D eigenvalue weighted by molar-refractivity contribution is -0.115. The summed E-state index contributed by atoms with van der Waals surface area (Å²) >= 11 is 7.94. The number of hydrogen-bond acceptors (Lipinski definition) is 5. The Hall–Kier alpha value is -2.64. The van der Waals surface area contributed by atoms with Gasteiger partial charge in [-0.05, 0) is 35.9 Å². The summed E-state index contributed by atoms with van der Waals surface area (Å²) in [7, 11) is 3.16. The van der Waals surface area contributed by atoms with Crippen molar-refractivity contribution in [2.75, 3.05) is 19.5 Å². The Morgan fingerprint density at radius 2 is 2.00 bits per heavy atom. The molecular formula is C21H20ClN3O3S. The molecule has 0 spiro atoms. The highest BCUT2D eigenvalue weighted by molar-refractivity contribution is 7.98. The van der Waals surface area contributed by atoms with Crippen LogP contribution in [0.25, 0.3) is 5.69 Å². The molecule has 0 radical (unpaired) electrons. The SMILES string of the molecule is COc1ccc(CC(=O)Nc2c3c(nn2-c2cccc(Cl)c2)CSC3)cc1OC. The molecule has 2 heterocycles. The van der Waals surface area contributed by atoms with E-state index in [0.29, 0.717) is 22.3 Å². The summed E-state index contributed by atoms with van der Waals surface area (Å²) < 4.78 is 12.3. The minimum atomic E-state index is -0.125. The van der Waals surface area contributed by atoms with E-state index in [9.17, 15) is 4.79 Å². The van der Waals surface area contributed by atoms with Crippen LogP contribution in [0.5, 0.6) is 11.5 Å². The molecule has 150 valence electrons. The second-order valence-electron chi connectivity index (χ2n) is 6.57. The van der Waals surface area contributed by atoms with Crippen molar-refractivity contribution in [3.63, 3.8) is 0 Å². The van der Waals surface area contributed by atoms with Crippen molar-refractivity contribution in [1.82, 2.24) is 9.78 Å². The van der Waals surface area contributed by atoms with Crippen LogP contribution in [-0.2, 0) is 22.7 Å². The lowest BCUT2D eigenvalue weighted by Gasteiger charge is -2.12. The quantitative estimate of drug-likeness (QED) is 0.626. The highest BCUT2D eigenvalue weighted by Crippen LogP contribution is 2.36. The summed E-state index contributed by atoms with van der Waals surface area (Å²) in [5.41, 5.74) is 3.71. The summed E-state index contributed by atoms with van der Waals surface area (Å²) in [5.74, 6) is 3.46. The number of hydrogen-bond donors (Lipinski definition) is 1. The maximum Gasteiger partial charge on any atom is 0.229 e. The molecule has 1 aromatic heterocycles. The first kappa shape index (κ1) is 19.7. The monoisotopic (exact) mass is 429 g/mol. The van der Waals surface area contributed by atoms with Crippen LogP contribution in [0.4, 0.5) is 5.82 Å². The zero-order chi connectivity index (χ0) is 20.4. The summed E-state index contributed by atoms with van der Waals surface area (Å²) in [4.78, 5) is 12.8. The number of thioether (sulfide) groups is 1. The first-order chi connectivity index (χ1) is 14.1. The molecule has 6 nitrogen and oxygen atoms in total. The minimum absolute atomic E-state index is 0.125. The number of nitrogens with zero attached hydrogens (tertiary/aromatic N) is 2. The average Bonchev–Trinajstić information content (AvgIpc) is 3.30. The number of halogens is 1. The number of carbonyl (C=O) groups is 1. The van der Waals surface area contributed by atoms with Gasteiger partial charge in [-0.1, -0.05) is 23.7 Å². The van der Waals surface area contributed by atoms with Gasteiger partial charge in [0.25, 0.3) is 0 Å². The van der Waals surface area contributed by atoms with E-state index in [1.54, 1.807) is 36.7 Å². The van der Waals surface area contributed by atoms with E-state index in [2.05, 4.69) is 5.32 Å². The Morgan fingerprint density at radius 3 is 2.76 bits per heavy atom. The van der Waals surface area contributed by atoms with Gasteiger partial charge in [-0.25, -0.2) is 4.68 Å². The molecule has 0 aliphatic carbocycles. The Morgan fingerprint density at radius 1 is 1.17 bits per heavy atom. The number of ether oxygens (including phenoxy) is 2. The van der Waals surface area contributed by atoms with Gasteiger partial charge in [-0.3, -0.25) is 4.79 Å². The molecule has 1 aliphatic rings. The average molecular weight is 430 g/mol. The second kappa shape index (κ2) is 8.39. The van der Waals surface area contributed by atoms with E-state index in [1.807, 2.05) is 36.4 Å². The molecule has 1 N–H and O–H groups in total. The van der Waals surface area contributed by atoms with Crippen molar-refractivity contribution in [1.29, 1.82) is 0 Å². The van der Waals surface area contributed by atoms with Gasteiger partial charge in [-0.2, -0.15) is 16.9 Å². The van der Waals surface area contributed by atoms with Gasteiger partial charge in [0, 0.05) is 22.1 Å². The highest BCUT2D eigenvalue weighted by atomic mass is 35.5. The van der Waals surface area contributed by atoms with E-state index < -0.39 is 0 Å². The fourth-order valence-electron chi connectivity index (χ4n) is 3.29. The molecule has 0 bridgehead atoms. The van der Waals surface area contributed by atoms with Gasteiger partial charge in [0.05, 0.1) is 32.0 Å². The normalized spacial score (nSPS) is 12.5. The topological polar surface area (TPSA) is 65.4 Å². The van der Waals surface area contributed by atoms with Crippen LogP contribution in [0.2, 0.25) is 5.02 Å². The maximum atomic E-state index is 12.8. The van der Waals surface area contributed by atoms with E-state index in [4.69, 9.17) is 26.2 Å². The first-order valence-corrected chi connectivity index (χ1v) is 10.6. The molecule has 1 amide bonds. The number of methoxy groups -OCH3 is 2. The lowest BCUT2D eigenvalue weighted by Crippen LogP contribution is -2.18. The van der Waals surface area contributed by atoms with E-state index >= 15 is 0 Å². The summed E-state index contributed by atoms with van der Waals surface area (Å²) in [6.07, 6.45) is 0.211. The van der Waals surface area contributed by atoms with Crippen LogP contribution < -0.4 is 14.8 Å². The zero-order valence-electron chi connectivity index (χ0n) is 16.1. The Labute approximate surface area is 178 Å². The number of rotatable bonds is 6. The van der Waals surface area contributed by atoms with Crippen LogP contribution in [0.3, 0.4) is 0 Å². The van der Waals surface area contributed by atoms with Gasteiger partial charge in [0.2, 0.25) is 5.91 Å². The Balaban J connectivity index is 1.60. The second-order valence-corrected chi connectivity index (χ2v) is 7.99. The predicted molar refractivity (Wildman–Crippen MR) is 115 cm³/mol. The fraction of sp³-hybridized carbons (Fsp3) is 0.238. The Bertz CT molecular complexity index is 1070. The molecule has 0 saturated carbocycles. The molecule has 0 unspecified atom stereocenters. The van der Waals surface area contributed by atoms with Gasteiger partial charge in [0.1, 0.15) is 5.82 Å². The largest absolute Gasteiger partial charge is 0.493 e. The number of benzene rings is 2. The van der Waals surface area contributed by atoms with E-state index in [0.717, 1.165) is 34.0 Å². The third kappa shape index (κ3) is 4.06. The molecule has 2 aromatic carbocycles. The fourth-order valence-corrected chi connectivity index (χ4v) is 4.51. The third-order valence-electron chi connectivity index (χ3n) is 4.68. The molecule has 0 fully saturated rings. The molecule has 3 aromatic rings. The number of nitrogens with one attached hydrogen (secondary N) is 1. The number of anilines is 1. The molecule has 0 saturated heterocycles. The van der Waals surface area contributed by atoms with Gasteiger partial charge >= 0.3 is 0 Å². The molecule has 0 atom stereocenters. The first-order valence-electron chi connectivity index (χ1n) is 9.04. The molecular weight excluding hydrogens is 410 g/mol. The van der Waals surface area contributed by atoms with Crippen molar-refractivity contribution < 1.29 is 14.3 Å². The number of amides is 1. The van der Waals surface area contributed by atoms with Crippen molar-refractivity contribution >= 4 is 35.1 Å². The van der Waals surface area contributed by atoms with Gasteiger partial charge < -0.3 is 14.8 Å². The third-order valence-corrected chi connectivity index (χ3v) is 5.88. The van der Waals surface area contributed by atoms with Crippen LogP contribution in [0.15, 0.2) is 42.5 Å². The van der Waals surface area contributed by atoms with E-state index in [1.165, 1.54) is 0 Å². The standard InChI is InChI=1S/C21H20ClN3O3S/c1-27-18-7-6-13(8-19(18)28-2)9-20(26)23-21-16-11-29-12-17(16)24-25(21)15-5-3-4-14(22)10-15/h3-8,10H,9,11-12H2,1-2H3,(H,23,26). The van der Waals surface area contributed by atoms with Crippen molar-refractivity contribution in [3.8, 4) is 17.2 Å². The summed E-state index contributed by atoms with van der Waals surface area (Å²) in [6.45, 7) is 0. The molecule has 1 aliphatic heterocycles. The van der Waals surface area contributed by atoms with Crippen LogP contribution in [-0.4, -0.2) is 29.9 Å². The van der Waals surface area contributed by atoms with Crippen LogP contribution >= 0.6 is 23.4 Å². The maximum absolute atomic E-state index is 12.8. The number of carbonyl (C=O) groups excluding carboxylic acids is 1. The van der Waals surface area contributed by atoms with Crippen molar-refractivity contribution in [2.24, 2.45) is 0 Å². The smallest absolute Gasteiger partial charge is 0.229 e. The van der Waals surface area contributed by atoms with Crippen molar-refractivity contribution in [3.05, 3.63) is 64.3 Å². The highest BCUT2D eigenvalue weighted by Gasteiger charge is 2.25. The number of aromatic nitrogens is 2. The number of fused-ring (bicyclic) bond motifs is 1. The van der Waals surface area contributed by atoms with Crippen LogP contribution in [0, 0.1) is 0 Å². The van der Waals surface area contributed by atoms with Crippen LogP contribution in [0.1, 0.15) is 16.8 Å². The minimum Gasteiger partial charge on any atom is -0.493 e. The summed E-state index contributed by atoms with van der Waals surface area (Å²) in [6, 6.07) is 12.9. The summed E-state index contributed by atoms with van der Waals surface area (Å²) in [5, 5.41) is 8.38. The molecule has 4 rings (SSSR count). The van der Waals surface area contributed by atoms with Gasteiger partial charge in [0.15, 0.2) is 11.5 Å². The van der Waals surface area contributed by atoms with Gasteiger partial charge in [-0.15, -0.1) is 0 Å². The zero-order valence-corrected chi connectivity index (χ0v) is 17.6. The van der Waals surface area contributed by atoms with E-state index in [-0.39, 0.29) is 12.3 Å².